The molecular weight excluding hydrogens is 293 g/mol. The van der Waals surface area contributed by atoms with Crippen molar-refractivity contribution in [3.8, 4) is 5.75 Å². The highest BCUT2D eigenvalue weighted by molar-refractivity contribution is 5.82. The van der Waals surface area contributed by atoms with Crippen LogP contribution in [0, 0.1) is 0 Å². The maximum absolute atomic E-state index is 12.1. The van der Waals surface area contributed by atoms with Gasteiger partial charge in [-0.25, -0.2) is 0 Å². The summed E-state index contributed by atoms with van der Waals surface area (Å²) in [6.07, 6.45) is -2.28. The maximum Gasteiger partial charge on any atom is 0.573 e. The maximum atomic E-state index is 12.1. The molecule has 114 valence electrons. The van der Waals surface area contributed by atoms with Crippen LogP contribution in [0.4, 0.5) is 13.2 Å². The Morgan fingerprint density at radius 1 is 1.05 bits per heavy atom. The molecule has 1 aliphatic rings. The first kappa shape index (κ1) is 14.4. The van der Waals surface area contributed by atoms with Crippen molar-refractivity contribution in [1.29, 1.82) is 0 Å². The van der Waals surface area contributed by atoms with Gasteiger partial charge in [-0.1, -0.05) is 36.4 Å². The van der Waals surface area contributed by atoms with Crippen molar-refractivity contribution < 1.29 is 17.9 Å². The van der Waals surface area contributed by atoms with Gasteiger partial charge in [0.15, 0.2) is 0 Å². The zero-order valence-corrected chi connectivity index (χ0v) is 11.5. The van der Waals surface area contributed by atoms with Gasteiger partial charge >= 0.3 is 6.36 Å². The third-order valence-electron chi connectivity index (χ3n) is 3.40. The molecule has 0 fully saturated rings. The van der Waals surface area contributed by atoms with Crippen molar-refractivity contribution in [3.05, 3.63) is 65.2 Å². The number of hydrogen-bond donors (Lipinski definition) is 1. The van der Waals surface area contributed by atoms with E-state index in [1.165, 1.54) is 12.1 Å². The van der Waals surface area contributed by atoms with Gasteiger partial charge in [0.25, 0.3) is 0 Å². The SMILES string of the molecule is FC(F)(F)Oc1ccc(CC2NN=Cc3ccccc32)cc1. The van der Waals surface area contributed by atoms with Crippen molar-refractivity contribution >= 4 is 6.21 Å². The first-order chi connectivity index (χ1) is 10.5. The first-order valence-electron chi connectivity index (χ1n) is 6.73. The third kappa shape index (κ3) is 3.39. The van der Waals surface area contributed by atoms with E-state index in [2.05, 4.69) is 15.3 Å². The predicted molar refractivity (Wildman–Crippen MR) is 76.7 cm³/mol. The molecule has 0 radical (unpaired) electrons. The molecule has 0 amide bonds. The fraction of sp³-hybridized carbons (Fsp3) is 0.188. The van der Waals surface area contributed by atoms with Crippen LogP contribution in [0.25, 0.3) is 0 Å². The Hall–Kier alpha value is -2.50. The number of nitrogens with one attached hydrogen (secondary N) is 1. The lowest BCUT2D eigenvalue weighted by molar-refractivity contribution is -0.274. The van der Waals surface area contributed by atoms with Gasteiger partial charge in [-0.3, -0.25) is 0 Å². The zero-order valence-electron chi connectivity index (χ0n) is 11.5. The van der Waals surface area contributed by atoms with Crippen LogP contribution in [0.3, 0.4) is 0 Å². The van der Waals surface area contributed by atoms with Crippen LogP contribution in [-0.4, -0.2) is 12.6 Å². The summed E-state index contributed by atoms with van der Waals surface area (Å²) in [7, 11) is 0. The second kappa shape index (κ2) is 5.71. The summed E-state index contributed by atoms with van der Waals surface area (Å²) in [4.78, 5) is 0. The molecule has 0 saturated heterocycles. The lowest BCUT2D eigenvalue weighted by atomic mass is 9.95. The quantitative estimate of drug-likeness (QED) is 0.935. The molecule has 0 aliphatic carbocycles. The molecular formula is C16H13F3N2O. The second-order valence-corrected chi connectivity index (χ2v) is 4.96. The van der Waals surface area contributed by atoms with Crippen LogP contribution in [0.15, 0.2) is 53.6 Å². The van der Waals surface area contributed by atoms with Crippen molar-refractivity contribution in [2.24, 2.45) is 5.10 Å². The Morgan fingerprint density at radius 2 is 1.77 bits per heavy atom. The van der Waals surface area contributed by atoms with E-state index in [0.717, 1.165) is 16.7 Å². The molecule has 3 nitrogen and oxygen atoms in total. The van der Waals surface area contributed by atoms with Gasteiger partial charge in [0.2, 0.25) is 0 Å². The van der Waals surface area contributed by atoms with E-state index in [4.69, 9.17) is 0 Å². The topological polar surface area (TPSA) is 33.6 Å². The average Bonchev–Trinajstić information content (AvgIpc) is 2.48. The highest BCUT2D eigenvalue weighted by Gasteiger charge is 2.31. The van der Waals surface area contributed by atoms with E-state index in [1.807, 2.05) is 24.3 Å². The number of ether oxygens (including phenoxy) is 1. The highest BCUT2D eigenvalue weighted by atomic mass is 19.4. The van der Waals surface area contributed by atoms with Crippen LogP contribution in [0.5, 0.6) is 5.75 Å². The number of hydrazone groups is 1. The smallest absolute Gasteiger partial charge is 0.406 e. The average molecular weight is 306 g/mol. The van der Waals surface area contributed by atoms with Crippen molar-refractivity contribution in [2.45, 2.75) is 18.8 Å². The van der Waals surface area contributed by atoms with E-state index in [9.17, 15) is 13.2 Å². The molecule has 0 saturated carbocycles. The van der Waals surface area contributed by atoms with E-state index in [0.29, 0.717) is 6.42 Å². The number of halogens is 3. The minimum absolute atomic E-state index is 0.00409. The number of hydrogen-bond acceptors (Lipinski definition) is 3. The molecule has 1 unspecified atom stereocenters. The molecule has 3 rings (SSSR count). The molecule has 1 N–H and O–H groups in total. The Balaban J connectivity index is 1.73. The fourth-order valence-corrected chi connectivity index (χ4v) is 2.43. The van der Waals surface area contributed by atoms with Crippen molar-refractivity contribution in [3.63, 3.8) is 0 Å². The minimum Gasteiger partial charge on any atom is -0.406 e. The Morgan fingerprint density at radius 3 is 2.50 bits per heavy atom. The summed E-state index contributed by atoms with van der Waals surface area (Å²) in [5, 5.41) is 4.11. The molecule has 0 bridgehead atoms. The van der Waals surface area contributed by atoms with Gasteiger partial charge in [0.05, 0.1) is 12.3 Å². The van der Waals surface area contributed by atoms with Crippen LogP contribution in [0.1, 0.15) is 22.7 Å². The lowest BCUT2D eigenvalue weighted by Gasteiger charge is -2.22. The van der Waals surface area contributed by atoms with E-state index >= 15 is 0 Å². The standard InChI is InChI=1S/C16H13F3N2O/c17-16(18,19)22-13-7-5-11(6-8-13)9-15-14-4-2-1-3-12(14)10-20-21-15/h1-8,10,15,21H,9H2. The largest absolute Gasteiger partial charge is 0.573 e. The van der Waals surface area contributed by atoms with Gasteiger partial charge in [-0.05, 0) is 35.2 Å². The first-order valence-corrected chi connectivity index (χ1v) is 6.73. The lowest BCUT2D eigenvalue weighted by Crippen LogP contribution is -2.23. The summed E-state index contributed by atoms with van der Waals surface area (Å²) in [6, 6.07) is 13.8. The van der Waals surface area contributed by atoms with Crippen LogP contribution in [-0.2, 0) is 6.42 Å². The summed E-state index contributed by atoms with van der Waals surface area (Å²) in [6.45, 7) is 0. The summed E-state index contributed by atoms with van der Waals surface area (Å²) in [5.41, 5.74) is 6.10. The van der Waals surface area contributed by atoms with Crippen molar-refractivity contribution in [2.75, 3.05) is 0 Å². The Bertz CT molecular complexity index is 681. The summed E-state index contributed by atoms with van der Waals surface area (Å²) >= 11 is 0. The highest BCUT2D eigenvalue weighted by Crippen LogP contribution is 2.26. The van der Waals surface area contributed by atoms with Gasteiger partial charge in [-0.2, -0.15) is 5.10 Å². The van der Waals surface area contributed by atoms with Gasteiger partial charge in [0.1, 0.15) is 5.75 Å². The number of fused-ring (bicyclic) bond motifs is 1. The molecule has 1 aliphatic heterocycles. The van der Waals surface area contributed by atoms with Crippen LogP contribution >= 0.6 is 0 Å². The van der Waals surface area contributed by atoms with E-state index in [1.54, 1.807) is 18.3 Å². The Labute approximate surface area is 125 Å². The second-order valence-electron chi connectivity index (χ2n) is 4.96. The summed E-state index contributed by atoms with van der Waals surface area (Å²) < 4.78 is 40.3. The number of benzene rings is 2. The van der Waals surface area contributed by atoms with E-state index < -0.39 is 6.36 Å². The van der Waals surface area contributed by atoms with Crippen LogP contribution < -0.4 is 10.2 Å². The zero-order chi connectivity index (χ0) is 15.6. The third-order valence-corrected chi connectivity index (χ3v) is 3.40. The number of rotatable bonds is 3. The number of nitrogens with zero attached hydrogens (tertiary/aromatic N) is 1. The molecule has 2 aromatic rings. The fourth-order valence-electron chi connectivity index (χ4n) is 2.43. The molecule has 0 aromatic heterocycles. The normalized spacial score (nSPS) is 16.8. The van der Waals surface area contributed by atoms with Crippen LogP contribution in [0.2, 0.25) is 0 Å². The van der Waals surface area contributed by atoms with Gasteiger partial charge < -0.3 is 10.2 Å². The molecule has 22 heavy (non-hydrogen) atoms. The van der Waals surface area contributed by atoms with Gasteiger partial charge in [0, 0.05) is 0 Å². The monoisotopic (exact) mass is 306 g/mol. The van der Waals surface area contributed by atoms with E-state index in [-0.39, 0.29) is 11.8 Å². The number of alkyl halides is 3. The molecule has 6 heteroatoms. The van der Waals surface area contributed by atoms with Gasteiger partial charge in [-0.15, -0.1) is 13.2 Å². The Kier molecular flexibility index (Phi) is 3.75. The molecule has 1 atom stereocenters. The minimum atomic E-state index is -4.67. The van der Waals surface area contributed by atoms with Crippen molar-refractivity contribution in [1.82, 2.24) is 5.43 Å². The molecule has 0 spiro atoms. The molecule has 1 heterocycles. The predicted octanol–water partition coefficient (Wildman–Crippen LogP) is 3.81. The summed E-state index contributed by atoms with van der Waals surface area (Å²) in [5.74, 6) is -0.216. The molecule has 2 aromatic carbocycles.